The highest BCUT2D eigenvalue weighted by Crippen LogP contribution is 2.22. The third-order valence-corrected chi connectivity index (χ3v) is 3.25. The number of aliphatic imine (C=N–C) groups is 1. The van der Waals surface area contributed by atoms with Gasteiger partial charge in [-0.25, -0.2) is 0 Å². The lowest BCUT2D eigenvalue weighted by molar-refractivity contribution is 0.0956. The Bertz CT molecular complexity index is 596. The van der Waals surface area contributed by atoms with E-state index in [-0.39, 0.29) is 5.91 Å². The maximum absolute atomic E-state index is 12.0. The lowest BCUT2D eigenvalue weighted by Crippen LogP contribution is -2.25. The van der Waals surface area contributed by atoms with E-state index in [1.807, 2.05) is 38.3 Å². The van der Waals surface area contributed by atoms with Gasteiger partial charge in [-0.05, 0) is 31.2 Å². The number of amides is 1. The normalized spacial score (nSPS) is 11.3. The summed E-state index contributed by atoms with van der Waals surface area (Å²) in [7, 11) is 1.82. The first-order valence-corrected chi connectivity index (χ1v) is 8.04. The number of hydrogen-bond donors (Lipinski definition) is 4. The van der Waals surface area contributed by atoms with Gasteiger partial charge in [0.15, 0.2) is 0 Å². The molecule has 1 amide bonds. The van der Waals surface area contributed by atoms with Gasteiger partial charge in [-0.15, -0.1) is 0 Å². The molecular formula is C17H24N4OS. The first-order valence-electron chi connectivity index (χ1n) is 7.41. The molecular weight excluding hydrogens is 308 g/mol. The average molecular weight is 332 g/mol. The average Bonchev–Trinajstić information content (AvgIpc) is 2.57. The lowest BCUT2D eigenvalue weighted by atomic mass is 10.1. The molecule has 0 unspecified atom stereocenters. The summed E-state index contributed by atoms with van der Waals surface area (Å²) in [6.07, 6.45) is 5.37. The summed E-state index contributed by atoms with van der Waals surface area (Å²) in [5, 5.41) is 9.21. The second-order valence-electron chi connectivity index (χ2n) is 4.65. The fourth-order valence-electron chi connectivity index (χ4n) is 1.96. The fraction of sp³-hybridized carbons (Fsp3) is 0.294. The van der Waals surface area contributed by atoms with Crippen molar-refractivity contribution in [2.24, 2.45) is 4.99 Å². The SMILES string of the molecule is C=CN=C(/C=C\C)CNc1ccc(C(=O)NCCS)cc1NC. The Hall–Kier alpha value is -2.21. The van der Waals surface area contributed by atoms with E-state index in [1.165, 1.54) is 6.20 Å². The van der Waals surface area contributed by atoms with E-state index in [4.69, 9.17) is 0 Å². The molecule has 0 saturated heterocycles. The molecule has 0 saturated carbocycles. The molecule has 0 aliphatic heterocycles. The zero-order chi connectivity index (χ0) is 17.1. The van der Waals surface area contributed by atoms with Crippen molar-refractivity contribution >= 4 is 35.6 Å². The molecule has 0 fully saturated rings. The van der Waals surface area contributed by atoms with Crippen LogP contribution in [-0.4, -0.2) is 37.5 Å². The van der Waals surface area contributed by atoms with Crippen LogP contribution in [0.2, 0.25) is 0 Å². The smallest absolute Gasteiger partial charge is 0.251 e. The maximum atomic E-state index is 12.0. The molecule has 0 atom stereocenters. The molecule has 5 nitrogen and oxygen atoms in total. The Balaban J connectivity index is 2.86. The van der Waals surface area contributed by atoms with Crippen LogP contribution in [0.25, 0.3) is 0 Å². The number of nitrogens with zero attached hydrogens (tertiary/aromatic N) is 1. The standard InChI is InChI=1S/C17H24N4OS/c1-4-6-14(19-5-2)12-21-15-8-7-13(11-16(15)18-3)17(22)20-9-10-23/h4-8,11,18,21,23H,2,9-10,12H2,1,3H3,(H,20,22)/b6-4-,19-14?. The molecule has 0 heterocycles. The number of allylic oxidation sites excluding steroid dienone is 1. The summed E-state index contributed by atoms with van der Waals surface area (Å²) < 4.78 is 0. The summed E-state index contributed by atoms with van der Waals surface area (Å²) in [6.45, 7) is 6.66. The van der Waals surface area contributed by atoms with E-state index >= 15 is 0 Å². The van der Waals surface area contributed by atoms with E-state index in [0.717, 1.165) is 17.1 Å². The summed E-state index contributed by atoms with van der Waals surface area (Å²) >= 11 is 4.08. The number of rotatable bonds is 9. The third kappa shape index (κ3) is 6.20. The zero-order valence-corrected chi connectivity index (χ0v) is 14.5. The van der Waals surface area contributed by atoms with Crippen LogP contribution in [0, 0.1) is 0 Å². The Labute approximate surface area is 143 Å². The van der Waals surface area contributed by atoms with Gasteiger partial charge in [-0.3, -0.25) is 9.79 Å². The van der Waals surface area contributed by atoms with Crippen molar-refractivity contribution in [3.8, 4) is 0 Å². The van der Waals surface area contributed by atoms with Crippen LogP contribution in [0.3, 0.4) is 0 Å². The van der Waals surface area contributed by atoms with Crippen molar-refractivity contribution < 1.29 is 4.79 Å². The van der Waals surface area contributed by atoms with Gasteiger partial charge in [0.25, 0.3) is 5.91 Å². The van der Waals surface area contributed by atoms with Crippen LogP contribution in [0.5, 0.6) is 0 Å². The van der Waals surface area contributed by atoms with Gasteiger partial charge in [0, 0.05) is 31.1 Å². The minimum absolute atomic E-state index is 0.107. The van der Waals surface area contributed by atoms with Gasteiger partial charge in [0.2, 0.25) is 0 Å². The van der Waals surface area contributed by atoms with E-state index in [9.17, 15) is 4.79 Å². The Morgan fingerprint density at radius 1 is 1.39 bits per heavy atom. The molecule has 6 heteroatoms. The summed E-state index contributed by atoms with van der Waals surface area (Å²) in [4.78, 5) is 16.2. The predicted octanol–water partition coefficient (Wildman–Crippen LogP) is 2.96. The first kappa shape index (κ1) is 18.8. The van der Waals surface area contributed by atoms with Crippen LogP contribution in [-0.2, 0) is 0 Å². The number of hydrogen-bond acceptors (Lipinski definition) is 5. The second kappa shape index (κ2) is 10.5. The maximum Gasteiger partial charge on any atom is 0.251 e. The molecule has 3 N–H and O–H groups in total. The molecule has 124 valence electrons. The number of carbonyl (C=O) groups excluding carboxylic acids is 1. The topological polar surface area (TPSA) is 65.5 Å². The largest absolute Gasteiger partial charge is 0.386 e. The molecule has 23 heavy (non-hydrogen) atoms. The van der Waals surface area contributed by atoms with Crippen molar-refractivity contribution in [2.75, 3.05) is 36.5 Å². The second-order valence-corrected chi connectivity index (χ2v) is 5.09. The van der Waals surface area contributed by atoms with Gasteiger partial charge >= 0.3 is 0 Å². The fourth-order valence-corrected chi connectivity index (χ4v) is 2.07. The molecule has 0 radical (unpaired) electrons. The zero-order valence-electron chi connectivity index (χ0n) is 13.6. The van der Waals surface area contributed by atoms with Crippen LogP contribution in [0.4, 0.5) is 11.4 Å². The quantitative estimate of drug-likeness (QED) is 0.415. The lowest BCUT2D eigenvalue weighted by Gasteiger charge is -2.13. The van der Waals surface area contributed by atoms with Gasteiger partial charge in [-0.1, -0.05) is 12.7 Å². The highest BCUT2D eigenvalue weighted by atomic mass is 32.1. The number of thiol groups is 1. The Morgan fingerprint density at radius 3 is 2.78 bits per heavy atom. The van der Waals surface area contributed by atoms with Gasteiger partial charge < -0.3 is 16.0 Å². The van der Waals surface area contributed by atoms with Gasteiger partial charge in [-0.2, -0.15) is 12.6 Å². The van der Waals surface area contributed by atoms with Gasteiger partial charge in [0.1, 0.15) is 0 Å². The number of benzene rings is 1. The first-order chi connectivity index (χ1) is 11.2. The molecule has 1 aromatic rings. The molecule has 0 spiro atoms. The predicted molar refractivity (Wildman–Crippen MR) is 103 cm³/mol. The summed E-state index contributed by atoms with van der Waals surface area (Å²) in [5.41, 5.74) is 3.23. The van der Waals surface area contributed by atoms with Crippen molar-refractivity contribution in [3.05, 3.63) is 48.7 Å². The van der Waals surface area contributed by atoms with Gasteiger partial charge in [0.05, 0.1) is 23.6 Å². The molecule has 1 rings (SSSR count). The van der Waals surface area contributed by atoms with E-state index in [0.29, 0.717) is 24.4 Å². The molecule has 0 aliphatic rings. The molecule has 1 aromatic carbocycles. The minimum atomic E-state index is -0.107. The van der Waals surface area contributed by atoms with E-state index in [1.54, 1.807) is 6.07 Å². The van der Waals surface area contributed by atoms with E-state index < -0.39 is 0 Å². The molecule has 0 aromatic heterocycles. The van der Waals surface area contributed by atoms with Crippen molar-refractivity contribution in [1.29, 1.82) is 0 Å². The van der Waals surface area contributed by atoms with Crippen LogP contribution in [0.1, 0.15) is 17.3 Å². The van der Waals surface area contributed by atoms with Crippen molar-refractivity contribution in [1.82, 2.24) is 5.32 Å². The van der Waals surface area contributed by atoms with Crippen LogP contribution < -0.4 is 16.0 Å². The third-order valence-electron chi connectivity index (χ3n) is 3.02. The summed E-state index contributed by atoms with van der Waals surface area (Å²) in [6, 6.07) is 5.48. The Kier molecular flexibility index (Phi) is 8.60. The van der Waals surface area contributed by atoms with Crippen molar-refractivity contribution in [3.63, 3.8) is 0 Å². The highest BCUT2D eigenvalue weighted by molar-refractivity contribution is 7.80. The number of nitrogens with one attached hydrogen (secondary N) is 3. The Morgan fingerprint density at radius 2 is 2.17 bits per heavy atom. The highest BCUT2D eigenvalue weighted by Gasteiger charge is 2.08. The van der Waals surface area contributed by atoms with E-state index in [2.05, 4.69) is 40.2 Å². The van der Waals surface area contributed by atoms with Crippen LogP contribution >= 0.6 is 12.6 Å². The molecule has 0 bridgehead atoms. The summed E-state index contributed by atoms with van der Waals surface area (Å²) in [5.74, 6) is 0.505. The number of anilines is 2. The van der Waals surface area contributed by atoms with Crippen molar-refractivity contribution in [2.45, 2.75) is 6.92 Å². The monoisotopic (exact) mass is 332 g/mol. The van der Waals surface area contributed by atoms with Crippen LogP contribution in [0.15, 0.2) is 48.1 Å². The minimum Gasteiger partial charge on any atom is -0.386 e. The molecule has 0 aliphatic carbocycles. The number of carbonyl (C=O) groups is 1.